The van der Waals surface area contributed by atoms with E-state index in [1.807, 2.05) is 19.2 Å². The van der Waals surface area contributed by atoms with E-state index in [9.17, 15) is 4.79 Å². The van der Waals surface area contributed by atoms with Crippen molar-refractivity contribution in [3.63, 3.8) is 0 Å². The first-order valence-electron chi connectivity index (χ1n) is 4.86. The first-order valence-corrected chi connectivity index (χ1v) is 6.12. The van der Waals surface area contributed by atoms with E-state index in [1.165, 1.54) is 11.3 Å². The van der Waals surface area contributed by atoms with Crippen LogP contribution in [0.2, 0.25) is 5.02 Å². The zero-order valence-corrected chi connectivity index (χ0v) is 10.8. The number of halogens is 1. The summed E-state index contributed by atoms with van der Waals surface area (Å²) in [6, 6.07) is 1.73. The highest BCUT2D eigenvalue weighted by Gasteiger charge is 2.22. The summed E-state index contributed by atoms with van der Waals surface area (Å²) in [6.45, 7) is 5.55. The Morgan fingerprint density at radius 3 is 2.44 bits per heavy atom. The van der Waals surface area contributed by atoms with Crippen LogP contribution in [0.4, 0.5) is 0 Å². The maximum absolute atomic E-state index is 12.2. The van der Waals surface area contributed by atoms with Gasteiger partial charge in [0.25, 0.3) is 0 Å². The number of carbonyl (C=O) groups is 1. The van der Waals surface area contributed by atoms with Gasteiger partial charge in [-0.3, -0.25) is 4.79 Å². The van der Waals surface area contributed by atoms with Crippen molar-refractivity contribution in [1.29, 1.82) is 0 Å². The molecule has 0 spiro atoms. The number of ketones is 1. The van der Waals surface area contributed by atoms with Gasteiger partial charge in [-0.2, -0.15) is 0 Å². The molecule has 0 aliphatic carbocycles. The molecule has 0 N–H and O–H groups in total. The van der Waals surface area contributed by atoms with E-state index in [0.717, 1.165) is 11.3 Å². The average molecular weight is 255 g/mol. The first kappa shape index (κ1) is 11.4. The standard InChI is InChI=1S/C12H11ClO2S/c1-6-7(2)15-8(3)10(6)11(14)12-9(13)4-5-16-12/h4-5H,1-3H3. The summed E-state index contributed by atoms with van der Waals surface area (Å²) in [5.41, 5.74) is 1.54. The van der Waals surface area contributed by atoms with Gasteiger partial charge in [0.1, 0.15) is 11.5 Å². The van der Waals surface area contributed by atoms with Crippen molar-refractivity contribution < 1.29 is 9.21 Å². The second-order valence-electron chi connectivity index (χ2n) is 3.64. The molecule has 0 bridgehead atoms. The summed E-state index contributed by atoms with van der Waals surface area (Å²) in [4.78, 5) is 12.8. The fraction of sp³-hybridized carbons (Fsp3) is 0.250. The average Bonchev–Trinajstić information content (AvgIpc) is 2.73. The lowest BCUT2D eigenvalue weighted by atomic mass is 10.1. The number of rotatable bonds is 2. The number of furan rings is 1. The van der Waals surface area contributed by atoms with Crippen molar-refractivity contribution in [2.75, 3.05) is 0 Å². The lowest BCUT2D eigenvalue weighted by Gasteiger charge is -1.98. The van der Waals surface area contributed by atoms with Gasteiger partial charge >= 0.3 is 0 Å². The molecule has 0 unspecified atom stereocenters. The lowest BCUT2D eigenvalue weighted by Crippen LogP contribution is -2.01. The van der Waals surface area contributed by atoms with E-state index in [0.29, 0.717) is 21.2 Å². The van der Waals surface area contributed by atoms with E-state index < -0.39 is 0 Å². The Bertz CT molecular complexity index is 551. The highest BCUT2D eigenvalue weighted by atomic mass is 35.5. The third-order valence-electron chi connectivity index (χ3n) is 2.61. The molecule has 2 rings (SSSR count). The molecule has 2 heterocycles. The second-order valence-corrected chi connectivity index (χ2v) is 4.96. The minimum Gasteiger partial charge on any atom is -0.466 e. The zero-order chi connectivity index (χ0) is 11.9. The van der Waals surface area contributed by atoms with Crippen LogP contribution >= 0.6 is 22.9 Å². The van der Waals surface area contributed by atoms with Crippen LogP contribution in [0.5, 0.6) is 0 Å². The molecule has 84 valence electrons. The quantitative estimate of drug-likeness (QED) is 0.754. The number of hydrogen-bond donors (Lipinski definition) is 0. The summed E-state index contributed by atoms with van der Waals surface area (Å²) in [5.74, 6) is 1.39. The van der Waals surface area contributed by atoms with Gasteiger partial charge in [-0.15, -0.1) is 11.3 Å². The van der Waals surface area contributed by atoms with Crippen molar-refractivity contribution in [3.05, 3.63) is 44.0 Å². The van der Waals surface area contributed by atoms with Crippen LogP contribution in [0.3, 0.4) is 0 Å². The Morgan fingerprint density at radius 2 is 2.00 bits per heavy atom. The Morgan fingerprint density at radius 1 is 1.31 bits per heavy atom. The predicted octanol–water partition coefficient (Wildman–Crippen LogP) is 4.15. The largest absolute Gasteiger partial charge is 0.466 e. The molecule has 0 fully saturated rings. The van der Waals surface area contributed by atoms with Crippen LogP contribution in [0, 0.1) is 20.8 Å². The van der Waals surface area contributed by atoms with E-state index in [2.05, 4.69) is 0 Å². The van der Waals surface area contributed by atoms with Crippen molar-refractivity contribution in [2.24, 2.45) is 0 Å². The SMILES string of the molecule is Cc1oc(C)c(C(=O)c2sccc2Cl)c1C. The molecular weight excluding hydrogens is 244 g/mol. The fourth-order valence-electron chi connectivity index (χ4n) is 1.70. The molecule has 16 heavy (non-hydrogen) atoms. The molecule has 0 atom stereocenters. The normalized spacial score (nSPS) is 10.8. The maximum Gasteiger partial charge on any atom is 0.208 e. The molecule has 2 aromatic rings. The summed E-state index contributed by atoms with van der Waals surface area (Å²) >= 11 is 7.31. The molecule has 2 nitrogen and oxygen atoms in total. The summed E-state index contributed by atoms with van der Waals surface area (Å²) in [7, 11) is 0. The molecule has 0 aliphatic heterocycles. The Kier molecular flexibility index (Phi) is 2.91. The number of aryl methyl sites for hydroxylation is 2. The van der Waals surface area contributed by atoms with Crippen molar-refractivity contribution in [1.82, 2.24) is 0 Å². The highest BCUT2D eigenvalue weighted by molar-refractivity contribution is 7.13. The van der Waals surface area contributed by atoms with Gasteiger partial charge in [0.15, 0.2) is 0 Å². The van der Waals surface area contributed by atoms with Gasteiger partial charge < -0.3 is 4.42 Å². The minimum atomic E-state index is -0.0492. The van der Waals surface area contributed by atoms with Crippen LogP contribution in [0.1, 0.15) is 32.3 Å². The zero-order valence-electron chi connectivity index (χ0n) is 9.26. The number of carbonyl (C=O) groups excluding carboxylic acids is 1. The van der Waals surface area contributed by atoms with Crippen LogP contribution < -0.4 is 0 Å². The molecule has 0 radical (unpaired) electrons. The Labute approximate surface area is 103 Å². The highest BCUT2D eigenvalue weighted by Crippen LogP contribution is 2.29. The van der Waals surface area contributed by atoms with Gasteiger partial charge in [-0.05, 0) is 32.2 Å². The lowest BCUT2D eigenvalue weighted by molar-refractivity contribution is 0.104. The topological polar surface area (TPSA) is 30.2 Å². The number of hydrogen-bond acceptors (Lipinski definition) is 3. The van der Waals surface area contributed by atoms with E-state index in [-0.39, 0.29) is 5.78 Å². The van der Waals surface area contributed by atoms with E-state index in [4.69, 9.17) is 16.0 Å². The maximum atomic E-state index is 12.2. The fourth-order valence-corrected chi connectivity index (χ4v) is 2.78. The molecule has 0 saturated heterocycles. The third-order valence-corrected chi connectivity index (χ3v) is 3.95. The second kappa shape index (κ2) is 4.07. The first-order chi connectivity index (χ1) is 7.52. The number of thiophene rings is 1. The van der Waals surface area contributed by atoms with Crippen LogP contribution in [0.25, 0.3) is 0 Å². The molecule has 0 aromatic carbocycles. The molecule has 0 saturated carbocycles. The Hall–Kier alpha value is -1.06. The summed E-state index contributed by atoms with van der Waals surface area (Å²) in [5, 5.41) is 2.32. The Balaban J connectivity index is 2.54. The van der Waals surface area contributed by atoms with Gasteiger partial charge in [0, 0.05) is 5.56 Å². The van der Waals surface area contributed by atoms with Crippen molar-refractivity contribution >= 4 is 28.7 Å². The molecule has 0 amide bonds. The van der Waals surface area contributed by atoms with E-state index in [1.54, 1.807) is 13.0 Å². The van der Waals surface area contributed by atoms with Crippen LogP contribution in [-0.4, -0.2) is 5.78 Å². The molecule has 4 heteroatoms. The third kappa shape index (κ3) is 1.70. The van der Waals surface area contributed by atoms with Crippen molar-refractivity contribution in [2.45, 2.75) is 20.8 Å². The minimum absolute atomic E-state index is 0.0492. The summed E-state index contributed by atoms with van der Waals surface area (Å²) < 4.78 is 5.45. The van der Waals surface area contributed by atoms with Gasteiger partial charge in [0.05, 0.1) is 15.5 Å². The van der Waals surface area contributed by atoms with Gasteiger partial charge in [-0.25, -0.2) is 0 Å². The van der Waals surface area contributed by atoms with Gasteiger partial charge in [0.2, 0.25) is 5.78 Å². The predicted molar refractivity (Wildman–Crippen MR) is 65.7 cm³/mol. The molecular formula is C12H11ClO2S. The summed E-state index contributed by atoms with van der Waals surface area (Å²) in [6.07, 6.45) is 0. The van der Waals surface area contributed by atoms with Crippen LogP contribution in [0.15, 0.2) is 15.9 Å². The van der Waals surface area contributed by atoms with Gasteiger partial charge in [-0.1, -0.05) is 11.6 Å². The smallest absolute Gasteiger partial charge is 0.208 e. The van der Waals surface area contributed by atoms with Crippen LogP contribution in [-0.2, 0) is 0 Å². The van der Waals surface area contributed by atoms with Crippen molar-refractivity contribution in [3.8, 4) is 0 Å². The van der Waals surface area contributed by atoms with E-state index >= 15 is 0 Å². The molecule has 2 aromatic heterocycles. The molecule has 0 aliphatic rings. The monoisotopic (exact) mass is 254 g/mol.